The lowest BCUT2D eigenvalue weighted by Crippen LogP contribution is -2.40. The fourth-order valence-corrected chi connectivity index (χ4v) is 2.38. The molecule has 0 spiro atoms. The van der Waals surface area contributed by atoms with Crippen LogP contribution in [-0.2, 0) is 16.1 Å². The number of nitrogens with one attached hydrogen (secondary N) is 1. The summed E-state index contributed by atoms with van der Waals surface area (Å²) < 4.78 is 0.626. The van der Waals surface area contributed by atoms with E-state index in [0.717, 1.165) is 4.88 Å². The summed E-state index contributed by atoms with van der Waals surface area (Å²) in [6.45, 7) is 0.329. The van der Waals surface area contributed by atoms with Crippen molar-refractivity contribution in [3.8, 4) is 0 Å². The smallest absolute Gasteiger partial charge is 0.324 e. The molecule has 1 heterocycles. The molecular formula is C11H13ClN2O4S. The SMILES string of the molecule is CN(Cc1ccc(Cl)s1)C(=O)NC(=O)CCC(=O)O. The van der Waals surface area contributed by atoms with E-state index in [4.69, 9.17) is 16.7 Å². The van der Waals surface area contributed by atoms with E-state index < -0.39 is 17.9 Å². The predicted octanol–water partition coefficient (Wildman–Crippen LogP) is 1.93. The Kier molecular flexibility index (Phi) is 5.78. The van der Waals surface area contributed by atoms with Crippen LogP contribution < -0.4 is 5.32 Å². The predicted molar refractivity (Wildman–Crippen MR) is 71.2 cm³/mol. The molecule has 0 unspecified atom stereocenters. The number of carbonyl (C=O) groups excluding carboxylic acids is 2. The van der Waals surface area contributed by atoms with Crippen LogP contribution in [0, 0.1) is 0 Å². The number of rotatable bonds is 5. The molecule has 1 rings (SSSR count). The normalized spacial score (nSPS) is 10.0. The summed E-state index contributed by atoms with van der Waals surface area (Å²) in [5.41, 5.74) is 0. The topological polar surface area (TPSA) is 86.7 Å². The third-order valence-corrected chi connectivity index (χ3v) is 3.40. The second-order valence-electron chi connectivity index (χ2n) is 3.81. The number of nitrogens with zero attached hydrogens (tertiary/aromatic N) is 1. The monoisotopic (exact) mass is 304 g/mol. The van der Waals surface area contributed by atoms with Gasteiger partial charge < -0.3 is 10.0 Å². The van der Waals surface area contributed by atoms with Crippen molar-refractivity contribution in [2.45, 2.75) is 19.4 Å². The van der Waals surface area contributed by atoms with Crippen molar-refractivity contribution in [2.75, 3.05) is 7.05 Å². The number of carboxylic acid groups (broad SMARTS) is 1. The van der Waals surface area contributed by atoms with Gasteiger partial charge in [-0.3, -0.25) is 14.9 Å². The molecule has 104 valence electrons. The van der Waals surface area contributed by atoms with Crippen molar-refractivity contribution >= 4 is 40.8 Å². The molecule has 0 bridgehead atoms. The van der Waals surface area contributed by atoms with Gasteiger partial charge in [-0.2, -0.15) is 0 Å². The number of aliphatic carboxylic acids is 1. The summed E-state index contributed by atoms with van der Waals surface area (Å²) in [6, 6.07) is 2.95. The third kappa shape index (κ3) is 5.71. The van der Waals surface area contributed by atoms with Gasteiger partial charge in [-0.1, -0.05) is 11.6 Å². The van der Waals surface area contributed by atoms with Gasteiger partial charge in [-0.15, -0.1) is 11.3 Å². The fourth-order valence-electron chi connectivity index (χ4n) is 1.24. The minimum atomic E-state index is -1.08. The van der Waals surface area contributed by atoms with Crippen LogP contribution in [0.4, 0.5) is 4.79 Å². The maximum atomic E-state index is 11.6. The molecule has 0 aliphatic rings. The van der Waals surface area contributed by atoms with Gasteiger partial charge in [-0.25, -0.2) is 4.79 Å². The first-order valence-corrected chi connectivity index (χ1v) is 6.59. The summed E-state index contributed by atoms with van der Waals surface area (Å²) in [4.78, 5) is 35.4. The zero-order valence-electron chi connectivity index (χ0n) is 10.2. The number of hydrogen-bond acceptors (Lipinski definition) is 4. The Morgan fingerprint density at radius 3 is 2.58 bits per heavy atom. The molecule has 0 atom stereocenters. The summed E-state index contributed by atoms with van der Waals surface area (Å²) in [7, 11) is 1.54. The standard InChI is InChI=1S/C11H13ClN2O4S/c1-14(6-7-2-3-8(12)19-7)11(18)13-9(15)4-5-10(16)17/h2-3H,4-6H2,1H3,(H,16,17)(H,13,15,18). The lowest BCUT2D eigenvalue weighted by Gasteiger charge is -2.16. The Hall–Kier alpha value is -1.60. The van der Waals surface area contributed by atoms with Gasteiger partial charge in [0.05, 0.1) is 17.3 Å². The lowest BCUT2D eigenvalue weighted by atomic mass is 10.3. The molecule has 19 heavy (non-hydrogen) atoms. The van der Waals surface area contributed by atoms with Crippen molar-refractivity contribution in [3.05, 3.63) is 21.3 Å². The summed E-state index contributed by atoms with van der Waals surface area (Å²) >= 11 is 7.12. The first-order chi connectivity index (χ1) is 8.88. The van der Waals surface area contributed by atoms with E-state index in [1.165, 1.54) is 23.3 Å². The Bertz CT molecular complexity index is 489. The van der Waals surface area contributed by atoms with E-state index in [9.17, 15) is 14.4 Å². The number of thiophene rings is 1. The molecule has 0 aliphatic heterocycles. The van der Waals surface area contributed by atoms with Crippen molar-refractivity contribution < 1.29 is 19.5 Å². The van der Waals surface area contributed by atoms with Gasteiger partial charge in [-0.05, 0) is 12.1 Å². The largest absolute Gasteiger partial charge is 0.481 e. The maximum Gasteiger partial charge on any atom is 0.324 e. The molecule has 0 aromatic carbocycles. The van der Waals surface area contributed by atoms with Gasteiger partial charge in [0.2, 0.25) is 5.91 Å². The average molecular weight is 305 g/mol. The number of carboxylic acids is 1. The molecule has 0 saturated carbocycles. The fraction of sp³-hybridized carbons (Fsp3) is 0.364. The Morgan fingerprint density at radius 1 is 1.37 bits per heavy atom. The molecule has 0 fully saturated rings. The van der Waals surface area contributed by atoms with Crippen LogP contribution in [0.1, 0.15) is 17.7 Å². The van der Waals surface area contributed by atoms with Crippen molar-refractivity contribution in [2.24, 2.45) is 0 Å². The highest BCUT2D eigenvalue weighted by Gasteiger charge is 2.14. The minimum Gasteiger partial charge on any atom is -0.481 e. The highest BCUT2D eigenvalue weighted by molar-refractivity contribution is 7.16. The molecule has 6 nitrogen and oxygen atoms in total. The second kappa shape index (κ2) is 7.10. The molecule has 8 heteroatoms. The van der Waals surface area contributed by atoms with Gasteiger partial charge >= 0.3 is 12.0 Å². The van der Waals surface area contributed by atoms with Crippen molar-refractivity contribution in [1.82, 2.24) is 10.2 Å². The number of halogens is 1. The lowest BCUT2D eigenvalue weighted by molar-refractivity contribution is -0.138. The quantitative estimate of drug-likeness (QED) is 0.870. The number of amides is 3. The van der Waals surface area contributed by atoms with E-state index in [-0.39, 0.29) is 12.8 Å². The van der Waals surface area contributed by atoms with E-state index >= 15 is 0 Å². The first kappa shape index (κ1) is 15.5. The van der Waals surface area contributed by atoms with Crippen LogP contribution in [0.2, 0.25) is 4.34 Å². The molecule has 1 aromatic rings. The number of imide groups is 1. The van der Waals surface area contributed by atoms with E-state index in [2.05, 4.69) is 5.32 Å². The average Bonchev–Trinajstić information content (AvgIpc) is 2.72. The third-order valence-electron chi connectivity index (χ3n) is 2.18. The van der Waals surface area contributed by atoms with Gasteiger partial charge in [0.1, 0.15) is 0 Å². The van der Waals surface area contributed by atoms with E-state index in [1.54, 1.807) is 12.1 Å². The van der Waals surface area contributed by atoms with Crippen LogP contribution in [0.15, 0.2) is 12.1 Å². The molecular weight excluding hydrogens is 292 g/mol. The van der Waals surface area contributed by atoms with E-state index in [0.29, 0.717) is 10.9 Å². The summed E-state index contributed by atoms with van der Waals surface area (Å²) in [5, 5.41) is 10.5. The molecule has 3 amide bonds. The zero-order valence-corrected chi connectivity index (χ0v) is 11.8. The molecule has 0 radical (unpaired) electrons. The minimum absolute atomic E-state index is 0.222. The van der Waals surface area contributed by atoms with Crippen molar-refractivity contribution in [1.29, 1.82) is 0 Å². The molecule has 2 N–H and O–H groups in total. The van der Waals surface area contributed by atoms with Crippen LogP contribution in [-0.4, -0.2) is 35.0 Å². The maximum absolute atomic E-state index is 11.6. The highest BCUT2D eigenvalue weighted by atomic mass is 35.5. The molecule has 0 aliphatic carbocycles. The zero-order chi connectivity index (χ0) is 14.4. The highest BCUT2D eigenvalue weighted by Crippen LogP contribution is 2.22. The first-order valence-electron chi connectivity index (χ1n) is 5.39. The van der Waals surface area contributed by atoms with Gasteiger partial charge in [0.15, 0.2) is 0 Å². The molecule has 1 aromatic heterocycles. The Labute approximate surface area is 119 Å². The van der Waals surface area contributed by atoms with Gasteiger partial charge in [0.25, 0.3) is 0 Å². The summed E-state index contributed by atoms with van der Waals surface area (Å²) in [5.74, 6) is -1.69. The van der Waals surface area contributed by atoms with Crippen LogP contribution in [0.5, 0.6) is 0 Å². The number of hydrogen-bond donors (Lipinski definition) is 2. The van der Waals surface area contributed by atoms with Crippen LogP contribution >= 0.6 is 22.9 Å². The van der Waals surface area contributed by atoms with Crippen LogP contribution in [0.25, 0.3) is 0 Å². The van der Waals surface area contributed by atoms with Gasteiger partial charge in [0, 0.05) is 18.3 Å². The number of carbonyl (C=O) groups is 3. The number of urea groups is 1. The second-order valence-corrected chi connectivity index (χ2v) is 5.61. The molecule has 0 saturated heterocycles. The summed E-state index contributed by atoms with van der Waals surface area (Å²) in [6.07, 6.45) is -0.525. The van der Waals surface area contributed by atoms with E-state index in [1.807, 2.05) is 0 Å². The Balaban J connectivity index is 2.40. The Morgan fingerprint density at radius 2 is 2.05 bits per heavy atom. The van der Waals surface area contributed by atoms with Crippen LogP contribution in [0.3, 0.4) is 0 Å². The van der Waals surface area contributed by atoms with Crippen molar-refractivity contribution in [3.63, 3.8) is 0 Å².